The molecule has 0 spiro atoms. The summed E-state index contributed by atoms with van der Waals surface area (Å²) in [4.78, 5) is 1.16. The Kier molecular flexibility index (Phi) is 4.09. The van der Waals surface area contributed by atoms with Gasteiger partial charge in [0.05, 0.1) is 0 Å². The second-order valence-electron chi connectivity index (χ2n) is 3.60. The molecule has 0 radical (unpaired) electrons. The number of thioether (sulfide) groups is 1. The summed E-state index contributed by atoms with van der Waals surface area (Å²) in [6, 6.07) is 9.92. The third kappa shape index (κ3) is 3.27. The summed E-state index contributed by atoms with van der Waals surface area (Å²) >= 11 is 1.77. The summed E-state index contributed by atoms with van der Waals surface area (Å²) in [5, 5.41) is 3.90. The van der Waals surface area contributed by atoms with Gasteiger partial charge in [-0.15, -0.1) is 11.8 Å². The van der Waals surface area contributed by atoms with Crippen molar-refractivity contribution in [3.63, 3.8) is 0 Å². The van der Waals surface area contributed by atoms with Gasteiger partial charge in [-0.2, -0.15) is 0 Å². The zero-order valence-corrected chi connectivity index (χ0v) is 10.8. The summed E-state index contributed by atoms with van der Waals surface area (Å²) in [6.45, 7) is 4.44. The van der Waals surface area contributed by atoms with Crippen LogP contribution >= 0.6 is 11.8 Å². The summed E-state index contributed by atoms with van der Waals surface area (Å²) in [6.07, 6.45) is 0. The summed E-state index contributed by atoms with van der Waals surface area (Å²) in [5.41, 5.74) is 0.818. The molecule has 0 aliphatic carbocycles. The molecule has 4 heteroatoms. The topological polar surface area (TPSA) is 35.3 Å². The van der Waals surface area contributed by atoms with Crippen molar-refractivity contribution in [3.8, 4) is 5.75 Å². The van der Waals surface area contributed by atoms with Crippen molar-refractivity contribution in [2.45, 2.75) is 25.3 Å². The molecule has 0 saturated heterocycles. The Bertz CT molecular complexity index is 482. The molecule has 0 amide bonds. The highest BCUT2D eigenvalue weighted by atomic mass is 32.2. The van der Waals surface area contributed by atoms with Crippen LogP contribution in [0, 0.1) is 6.92 Å². The summed E-state index contributed by atoms with van der Waals surface area (Å²) in [5.74, 6) is 2.74. The first-order valence-electron chi connectivity index (χ1n) is 5.56. The smallest absolute Gasteiger partial charge is 0.134 e. The highest BCUT2D eigenvalue weighted by Crippen LogP contribution is 2.29. The molecule has 2 rings (SSSR count). The van der Waals surface area contributed by atoms with Crippen LogP contribution in [0.5, 0.6) is 5.75 Å². The van der Waals surface area contributed by atoms with E-state index in [1.807, 2.05) is 31.2 Å². The van der Waals surface area contributed by atoms with Gasteiger partial charge in [0.1, 0.15) is 23.8 Å². The minimum absolute atomic E-state index is 0.443. The van der Waals surface area contributed by atoms with Gasteiger partial charge in [0, 0.05) is 11.0 Å². The Balaban J connectivity index is 2.03. The Morgan fingerprint density at radius 1 is 1.35 bits per heavy atom. The fourth-order valence-corrected chi connectivity index (χ4v) is 2.24. The van der Waals surface area contributed by atoms with Gasteiger partial charge in [0.25, 0.3) is 0 Å². The third-order valence-corrected chi connectivity index (χ3v) is 3.14. The molecule has 0 N–H and O–H groups in total. The van der Waals surface area contributed by atoms with Gasteiger partial charge in [-0.05, 0) is 24.8 Å². The number of hydrogen-bond acceptors (Lipinski definition) is 4. The number of ether oxygens (including phenoxy) is 1. The molecule has 2 aromatic rings. The van der Waals surface area contributed by atoms with E-state index < -0.39 is 0 Å². The lowest BCUT2D eigenvalue weighted by Crippen LogP contribution is -1.96. The van der Waals surface area contributed by atoms with E-state index >= 15 is 0 Å². The van der Waals surface area contributed by atoms with Crippen molar-refractivity contribution in [3.05, 3.63) is 41.8 Å². The van der Waals surface area contributed by atoms with Crippen molar-refractivity contribution >= 4 is 11.8 Å². The molecular formula is C13H15NO2S. The molecule has 1 heterocycles. The second kappa shape index (κ2) is 5.77. The van der Waals surface area contributed by atoms with Crippen molar-refractivity contribution in [2.24, 2.45) is 0 Å². The number of rotatable bonds is 5. The number of aromatic nitrogens is 1. The van der Waals surface area contributed by atoms with Crippen LogP contribution in [0.3, 0.4) is 0 Å². The van der Waals surface area contributed by atoms with E-state index in [1.54, 1.807) is 11.8 Å². The lowest BCUT2D eigenvalue weighted by Gasteiger charge is -2.08. The largest absolute Gasteiger partial charge is 0.486 e. The lowest BCUT2D eigenvalue weighted by atomic mass is 10.3. The SMILES string of the molecule is CCSc1ccccc1OCc1cc(C)on1. The normalized spacial score (nSPS) is 10.5. The van der Waals surface area contributed by atoms with Gasteiger partial charge in [-0.1, -0.05) is 24.2 Å². The van der Waals surface area contributed by atoms with Crippen LogP contribution in [-0.2, 0) is 6.61 Å². The molecular weight excluding hydrogens is 234 g/mol. The van der Waals surface area contributed by atoms with Crippen molar-refractivity contribution in [1.29, 1.82) is 0 Å². The molecule has 17 heavy (non-hydrogen) atoms. The van der Waals surface area contributed by atoms with Crippen LogP contribution in [0.2, 0.25) is 0 Å². The average molecular weight is 249 g/mol. The Morgan fingerprint density at radius 3 is 2.88 bits per heavy atom. The molecule has 0 aliphatic rings. The molecule has 0 unspecified atom stereocenters. The molecule has 0 fully saturated rings. The van der Waals surface area contributed by atoms with Gasteiger partial charge >= 0.3 is 0 Å². The summed E-state index contributed by atoms with van der Waals surface area (Å²) in [7, 11) is 0. The van der Waals surface area contributed by atoms with E-state index in [-0.39, 0.29) is 0 Å². The highest BCUT2D eigenvalue weighted by Gasteiger charge is 2.05. The fraction of sp³-hybridized carbons (Fsp3) is 0.308. The third-order valence-electron chi connectivity index (χ3n) is 2.20. The van der Waals surface area contributed by atoms with E-state index in [4.69, 9.17) is 9.26 Å². The summed E-state index contributed by atoms with van der Waals surface area (Å²) < 4.78 is 10.7. The predicted octanol–water partition coefficient (Wildman–Crippen LogP) is 3.67. The number of nitrogens with zero attached hydrogens (tertiary/aromatic N) is 1. The number of aryl methyl sites for hydroxylation is 1. The number of para-hydroxylation sites is 1. The molecule has 3 nitrogen and oxygen atoms in total. The van der Waals surface area contributed by atoms with E-state index in [9.17, 15) is 0 Å². The molecule has 1 aromatic heterocycles. The van der Waals surface area contributed by atoms with Gasteiger partial charge in [0.2, 0.25) is 0 Å². The minimum Gasteiger partial charge on any atom is -0.486 e. The number of hydrogen-bond donors (Lipinski definition) is 0. The quantitative estimate of drug-likeness (QED) is 0.757. The van der Waals surface area contributed by atoms with Crippen LogP contribution in [0.4, 0.5) is 0 Å². The molecule has 0 bridgehead atoms. The van der Waals surface area contributed by atoms with Crippen molar-refractivity contribution < 1.29 is 9.26 Å². The van der Waals surface area contributed by atoms with Gasteiger partial charge in [-0.25, -0.2) is 0 Å². The van der Waals surface area contributed by atoms with Crippen molar-refractivity contribution in [1.82, 2.24) is 5.16 Å². The van der Waals surface area contributed by atoms with Crippen LogP contribution in [0.1, 0.15) is 18.4 Å². The predicted molar refractivity (Wildman–Crippen MR) is 68.4 cm³/mol. The van der Waals surface area contributed by atoms with Crippen LogP contribution < -0.4 is 4.74 Å². The first-order valence-corrected chi connectivity index (χ1v) is 6.55. The maximum absolute atomic E-state index is 5.75. The zero-order chi connectivity index (χ0) is 12.1. The van der Waals surface area contributed by atoms with Crippen LogP contribution in [-0.4, -0.2) is 10.9 Å². The number of benzene rings is 1. The van der Waals surface area contributed by atoms with E-state index in [0.29, 0.717) is 6.61 Å². The van der Waals surface area contributed by atoms with E-state index in [1.165, 1.54) is 0 Å². The first kappa shape index (κ1) is 12.0. The van der Waals surface area contributed by atoms with Crippen molar-refractivity contribution in [2.75, 3.05) is 5.75 Å². The van der Waals surface area contributed by atoms with Gasteiger partial charge < -0.3 is 9.26 Å². The van der Waals surface area contributed by atoms with Gasteiger partial charge in [-0.3, -0.25) is 0 Å². The zero-order valence-electron chi connectivity index (χ0n) is 9.97. The van der Waals surface area contributed by atoms with E-state index in [0.717, 1.165) is 27.9 Å². The van der Waals surface area contributed by atoms with Crippen LogP contribution in [0.15, 0.2) is 39.8 Å². The molecule has 1 aromatic carbocycles. The minimum atomic E-state index is 0.443. The monoisotopic (exact) mass is 249 g/mol. The standard InChI is InChI=1S/C13H15NO2S/c1-3-17-13-7-5-4-6-12(13)15-9-11-8-10(2)16-14-11/h4-8H,3,9H2,1-2H3. The lowest BCUT2D eigenvalue weighted by molar-refractivity contribution is 0.282. The van der Waals surface area contributed by atoms with Gasteiger partial charge in [0.15, 0.2) is 0 Å². The first-order chi connectivity index (χ1) is 8.29. The molecule has 90 valence electrons. The van der Waals surface area contributed by atoms with E-state index in [2.05, 4.69) is 18.1 Å². The Morgan fingerprint density at radius 2 is 2.18 bits per heavy atom. The maximum atomic E-state index is 5.75. The maximum Gasteiger partial charge on any atom is 0.134 e. The average Bonchev–Trinajstić information content (AvgIpc) is 2.74. The second-order valence-corrected chi connectivity index (χ2v) is 4.90. The van der Waals surface area contributed by atoms with Crippen LogP contribution in [0.25, 0.3) is 0 Å². The molecule has 0 atom stereocenters. The molecule has 0 aliphatic heterocycles. The Labute approximate surface area is 105 Å². The Hall–Kier alpha value is -1.42. The molecule has 0 saturated carbocycles. The highest BCUT2D eigenvalue weighted by molar-refractivity contribution is 7.99. The fourth-order valence-electron chi connectivity index (χ4n) is 1.48.